The van der Waals surface area contributed by atoms with Gasteiger partial charge in [0.1, 0.15) is 6.61 Å². The SMILES string of the molecule is CCC1(O)C(=O)OCc2c1ccn(C)c2=O. The molecular formula is C11H13NO4. The van der Waals surface area contributed by atoms with Crippen LogP contribution < -0.4 is 5.56 Å². The second kappa shape index (κ2) is 3.45. The highest BCUT2D eigenvalue weighted by molar-refractivity contribution is 5.82. The fraction of sp³-hybridized carbons (Fsp3) is 0.455. The first-order valence-electron chi connectivity index (χ1n) is 5.09. The fourth-order valence-corrected chi connectivity index (χ4v) is 1.91. The molecule has 2 heterocycles. The molecule has 0 aliphatic carbocycles. The lowest BCUT2D eigenvalue weighted by Gasteiger charge is -2.31. The Balaban J connectivity index is 2.72. The normalized spacial score (nSPS) is 23.8. The van der Waals surface area contributed by atoms with Crippen molar-refractivity contribution >= 4 is 5.97 Å². The molecule has 0 fully saturated rings. The lowest BCUT2D eigenvalue weighted by Crippen LogP contribution is -2.44. The zero-order valence-electron chi connectivity index (χ0n) is 9.19. The number of aliphatic hydroxyl groups is 1. The summed E-state index contributed by atoms with van der Waals surface area (Å²) >= 11 is 0. The van der Waals surface area contributed by atoms with Crippen LogP contribution in [-0.4, -0.2) is 15.6 Å². The molecular weight excluding hydrogens is 210 g/mol. The summed E-state index contributed by atoms with van der Waals surface area (Å²) in [5, 5.41) is 10.2. The van der Waals surface area contributed by atoms with E-state index in [0.29, 0.717) is 11.1 Å². The van der Waals surface area contributed by atoms with Gasteiger partial charge in [0.2, 0.25) is 0 Å². The third kappa shape index (κ3) is 1.28. The van der Waals surface area contributed by atoms with Crippen LogP contribution in [-0.2, 0) is 28.8 Å². The van der Waals surface area contributed by atoms with Crippen molar-refractivity contribution in [3.8, 4) is 0 Å². The van der Waals surface area contributed by atoms with Crippen molar-refractivity contribution in [1.82, 2.24) is 4.57 Å². The van der Waals surface area contributed by atoms with Gasteiger partial charge >= 0.3 is 5.97 Å². The lowest BCUT2D eigenvalue weighted by atomic mass is 9.87. The Kier molecular flexibility index (Phi) is 2.35. The molecule has 1 aliphatic heterocycles. The highest BCUT2D eigenvalue weighted by atomic mass is 16.6. The number of cyclic esters (lactones) is 1. The molecule has 0 saturated carbocycles. The summed E-state index contributed by atoms with van der Waals surface area (Å²) in [5.41, 5.74) is -1.19. The van der Waals surface area contributed by atoms with Crippen LogP contribution in [0.4, 0.5) is 0 Å². The molecule has 1 N–H and O–H groups in total. The number of nitrogens with zero attached hydrogens (tertiary/aromatic N) is 1. The Hall–Kier alpha value is -1.62. The summed E-state index contributed by atoms with van der Waals surface area (Å²) in [6, 6.07) is 1.60. The van der Waals surface area contributed by atoms with Crippen LogP contribution in [0.15, 0.2) is 17.1 Å². The highest BCUT2D eigenvalue weighted by Crippen LogP contribution is 2.32. The number of hydrogen-bond acceptors (Lipinski definition) is 4. The van der Waals surface area contributed by atoms with Crippen molar-refractivity contribution in [2.45, 2.75) is 25.6 Å². The molecule has 0 bridgehead atoms. The number of fused-ring (bicyclic) bond motifs is 1. The van der Waals surface area contributed by atoms with Crippen LogP contribution in [0, 0.1) is 0 Å². The van der Waals surface area contributed by atoms with E-state index in [1.165, 1.54) is 4.57 Å². The van der Waals surface area contributed by atoms with Crippen molar-refractivity contribution in [3.63, 3.8) is 0 Å². The monoisotopic (exact) mass is 223 g/mol. The van der Waals surface area contributed by atoms with Crippen molar-refractivity contribution in [2.24, 2.45) is 7.05 Å². The number of hydrogen-bond donors (Lipinski definition) is 1. The molecule has 0 saturated heterocycles. The Morgan fingerprint density at radius 2 is 2.25 bits per heavy atom. The van der Waals surface area contributed by atoms with E-state index in [2.05, 4.69) is 0 Å². The molecule has 1 unspecified atom stereocenters. The largest absolute Gasteiger partial charge is 0.458 e. The van der Waals surface area contributed by atoms with Crippen molar-refractivity contribution < 1.29 is 14.6 Å². The second-order valence-electron chi connectivity index (χ2n) is 3.91. The minimum atomic E-state index is -1.68. The van der Waals surface area contributed by atoms with Gasteiger partial charge in [-0.15, -0.1) is 0 Å². The Labute approximate surface area is 92.3 Å². The van der Waals surface area contributed by atoms with Crippen LogP contribution in [0.5, 0.6) is 0 Å². The Morgan fingerprint density at radius 3 is 2.88 bits per heavy atom. The predicted molar refractivity (Wildman–Crippen MR) is 55.7 cm³/mol. The van der Waals surface area contributed by atoms with Gasteiger partial charge in [-0.05, 0) is 12.5 Å². The molecule has 5 heteroatoms. The number of aryl methyl sites for hydroxylation is 1. The number of ether oxygens (including phenoxy) is 1. The Bertz CT molecular complexity index is 505. The second-order valence-corrected chi connectivity index (χ2v) is 3.91. The lowest BCUT2D eigenvalue weighted by molar-refractivity contribution is -0.172. The van der Waals surface area contributed by atoms with Gasteiger partial charge in [-0.3, -0.25) is 4.79 Å². The number of carbonyl (C=O) groups excluding carboxylic acids is 1. The number of esters is 1. The van der Waals surface area contributed by atoms with E-state index in [1.54, 1.807) is 26.2 Å². The molecule has 1 atom stereocenters. The number of pyridine rings is 1. The van der Waals surface area contributed by atoms with E-state index in [9.17, 15) is 14.7 Å². The first-order valence-corrected chi connectivity index (χ1v) is 5.09. The van der Waals surface area contributed by atoms with Crippen LogP contribution in [0.1, 0.15) is 24.5 Å². The maximum absolute atomic E-state index is 11.8. The zero-order chi connectivity index (χ0) is 11.9. The van der Waals surface area contributed by atoms with Gasteiger partial charge in [-0.25, -0.2) is 4.79 Å². The number of carbonyl (C=O) groups is 1. The summed E-state index contributed by atoms with van der Waals surface area (Å²) in [4.78, 5) is 23.3. The maximum atomic E-state index is 11.8. The van der Waals surface area contributed by atoms with Gasteiger partial charge in [-0.2, -0.15) is 0 Å². The smallest absolute Gasteiger partial charge is 0.343 e. The first-order chi connectivity index (χ1) is 7.50. The number of rotatable bonds is 1. The molecule has 1 aromatic rings. The third-order valence-corrected chi connectivity index (χ3v) is 3.01. The summed E-state index contributed by atoms with van der Waals surface area (Å²) in [5.74, 6) is -0.684. The van der Waals surface area contributed by atoms with Gasteiger partial charge < -0.3 is 14.4 Å². The van der Waals surface area contributed by atoms with Gasteiger partial charge in [-0.1, -0.05) is 6.92 Å². The van der Waals surface area contributed by atoms with Crippen molar-refractivity contribution in [3.05, 3.63) is 33.7 Å². The average molecular weight is 223 g/mol. The quantitative estimate of drug-likeness (QED) is 0.682. The van der Waals surface area contributed by atoms with Crippen molar-refractivity contribution in [1.29, 1.82) is 0 Å². The standard InChI is InChI=1S/C11H13NO4/c1-3-11(15)8-4-5-12(2)9(13)7(8)6-16-10(11)14/h4-5,15H,3,6H2,1-2H3. The van der Waals surface area contributed by atoms with Crippen LogP contribution >= 0.6 is 0 Å². The first kappa shape index (κ1) is 10.9. The summed E-state index contributed by atoms with van der Waals surface area (Å²) in [6.07, 6.45) is 1.73. The molecule has 0 radical (unpaired) electrons. The molecule has 1 aromatic heterocycles. The van der Waals surface area contributed by atoms with Gasteiger partial charge in [0.25, 0.3) is 5.56 Å². The van der Waals surface area contributed by atoms with E-state index in [-0.39, 0.29) is 18.6 Å². The molecule has 86 valence electrons. The third-order valence-electron chi connectivity index (χ3n) is 3.01. The minimum Gasteiger partial charge on any atom is -0.458 e. The van der Waals surface area contributed by atoms with Crippen LogP contribution in [0.25, 0.3) is 0 Å². The minimum absolute atomic E-state index is 0.0655. The Morgan fingerprint density at radius 1 is 1.56 bits per heavy atom. The predicted octanol–water partition coefficient (Wildman–Crippen LogP) is 0.0397. The molecule has 1 aliphatic rings. The van der Waals surface area contributed by atoms with Gasteiger partial charge in [0, 0.05) is 18.8 Å². The van der Waals surface area contributed by atoms with Crippen LogP contribution in [0.2, 0.25) is 0 Å². The average Bonchev–Trinajstić information content (AvgIpc) is 2.28. The summed E-state index contributed by atoms with van der Waals surface area (Å²) < 4.78 is 6.24. The van der Waals surface area contributed by atoms with Crippen molar-refractivity contribution in [2.75, 3.05) is 0 Å². The molecule has 0 amide bonds. The highest BCUT2D eigenvalue weighted by Gasteiger charge is 2.43. The van der Waals surface area contributed by atoms with E-state index >= 15 is 0 Å². The van der Waals surface area contributed by atoms with Gasteiger partial charge in [0.15, 0.2) is 5.60 Å². The van der Waals surface area contributed by atoms with Gasteiger partial charge in [0.05, 0.1) is 5.56 Å². The summed E-state index contributed by atoms with van der Waals surface area (Å²) in [7, 11) is 1.62. The van der Waals surface area contributed by atoms with E-state index < -0.39 is 11.6 Å². The maximum Gasteiger partial charge on any atom is 0.343 e. The molecule has 16 heavy (non-hydrogen) atoms. The topological polar surface area (TPSA) is 68.5 Å². The summed E-state index contributed by atoms with van der Waals surface area (Å²) in [6.45, 7) is 1.61. The number of aromatic nitrogens is 1. The molecule has 5 nitrogen and oxygen atoms in total. The van der Waals surface area contributed by atoms with E-state index in [4.69, 9.17) is 4.74 Å². The molecule has 0 spiro atoms. The molecule has 0 aromatic carbocycles. The van der Waals surface area contributed by atoms with E-state index in [1.807, 2.05) is 0 Å². The fourth-order valence-electron chi connectivity index (χ4n) is 1.91. The van der Waals surface area contributed by atoms with Crippen LogP contribution in [0.3, 0.4) is 0 Å². The molecule has 2 rings (SSSR count). The zero-order valence-corrected chi connectivity index (χ0v) is 9.19. The van der Waals surface area contributed by atoms with E-state index in [0.717, 1.165) is 0 Å².